The van der Waals surface area contributed by atoms with E-state index in [1.165, 1.54) is 38.2 Å². The standard InChI is InChI=1S/C17H25BrFN/c1-3-17(7-5-6-8-17)16(20-4-2)11-13-9-14(18)12-15(19)10-13/h9-10,12,16,20H,3-8,11H2,1-2H3. The molecule has 112 valence electrons. The van der Waals surface area contributed by atoms with E-state index in [0.717, 1.165) is 23.0 Å². The van der Waals surface area contributed by atoms with Crippen molar-refractivity contribution in [2.45, 2.75) is 58.4 Å². The first-order chi connectivity index (χ1) is 9.59. The fourth-order valence-corrected chi connectivity index (χ4v) is 4.26. The van der Waals surface area contributed by atoms with Crippen molar-refractivity contribution in [2.24, 2.45) is 5.41 Å². The molecule has 1 nitrogen and oxygen atoms in total. The van der Waals surface area contributed by atoms with Crippen molar-refractivity contribution in [1.29, 1.82) is 0 Å². The smallest absolute Gasteiger partial charge is 0.124 e. The van der Waals surface area contributed by atoms with Crippen molar-refractivity contribution in [3.63, 3.8) is 0 Å². The van der Waals surface area contributed by atoms with Gasteiger partial charge in [-0.1, -0.05) is 42.6 Å². The van der Waals surface area contributed by atoms with Crippen LogP contribution in [-0.2, 0) is 6.42 Å². The van der Waals surface area contributed by atoms with Gasteiger partial charge in [0.15, 0.2) is 0 Å². The van der Waals surface area contributed by atoms with E-state index < -0.39 is 0 Å². The highest BCUT2D eigenvalue weighted by Crippen LogP contribution is 2.44. The molecule has 3 heteroatoms. The first-order valence-electron chi connectivity index (χ1n) is 7.78. The van der Waals surface area contributed by atoms with Gasteiger partial charge in [-0.05, 0) is 61.4 Å². The molecule has 2 rings (SSSR count). The molecular formula is C17H25BrFN. The third-order valence-corrected chi connectivity index (χ3v) is 5.31. The second kappa shape index (κ2) is 7.04. The Hall–Kier alpha value is -0.410. The maximum absolute atomic E-state index is 13.6. The summed E-state index contributed by atoms with van der Waals surface area (Å²) < 4.78 is 14.4. The molecule has 1 N–H and O–H groups in total. The number of benzene rings is 1. The van der Waals surface area contributed by atoms with Gasteiger partial charge in [-0.25, -0.2) is 4.39 Å². The highest BCUT2D eigenvalue weighted by molar-refractivity contribution is 9.10. The fourth-order valence-electron chi connectivity index (χ4n) is 3.74. The molecule has 0 saturated heterocycles. The summed E-state index contributed by atoms with van der Waals surface area (Å²) in [5.74, 6) is -0.151. The Labute approximate surface area is 130 Å². The largest absolute Gasteiger partial charge is 0.313 e. The van der Waals surface area contributed by atoms with E-state index in [2.05, 4.69) is 35.1 Å². The molecule has 1 unspecified atom stereocenters. The van der Waals surface area contributed by atoms with Crippen LogP contribution in [0.1, 0.15) is 51.5 Å². The van der Waals surface area contributed by atoms with E-state index in [9.17, 15) is 4.39 Å². The Kier molecular flexibility index (Phi) is 5.62. The number of likely N-dealkylation sites (N-methyl/N-ethyl adjacent to an activating group) is 1. The second-order valence-electron chi connectivity index (χ2n) is 6.02. The van der Waals surface area contributed by atoms with Crippen molar-refractivity contribution >= 4 is 15.9 Å². The predicted octanol–water partition coefficient (Wildman–Crippen LogP) is 5.08. The minimum atomic E-state index is -0.151. The third kappa shape index (κ3) is 3.62. The number of halogens is 2. The molecule has 1 aromatic rings. The van der Waals surface area contributed by atoms with E-state index in [1.54, 1.807) is 6.07 Å². The molecule has 0 radical (unpaired) electrons. The summed E-state index contributed by atoms with van der Waals surface area (Å²) in [6.07, 6.45) is 7.40. The van der Waals surface area contributed by atoms with Gasteiger partial charge in [0.1, 0.15) is 5.82 Å². The zero-order valence-electron chi connectivity index (χ0n) is 12.5. The van der Waals surface area contributed by atoms with Gasteiger partial charge in [-0.15, -0.1) is 0 Å². The lowest BCUT2D eigenvalue weighted by Gasteiger charge is -2.38. The maximum Gasteiger partial charge on any atom is 0.124 e. The minimum Gasteiger partial charge on any atom is -0.313 e. The number of rotatable bonds is 6. The first-order valence-corrected chi connectivity index (χ1v) is 8.57. The van der Waals surface area contributed by atoms with Crippen molar-refractivity contribution < 1.29 is 4.39 Å². The average molecular weight is 342 g/mol. The minimum absolute atomic E-state index is 0.151. The van der Waals surface area contributed by atoms with Gasteiger partial charge in [-0.3, -0.25) is 0 Å². The van der Waals surface area contributed by atoms with E-state index >= 15 is 0 Å². The Morgan fingerprint density at radius 1 is 1.25 bits per heavy atom. The maximum atomic E-state index is 13.6. The summed E-state index contributed by atoms with van der Waals surface area (Å²) in [5.41, 5.74) is 1.48. The molecule has 1 aromatic carbocycles. The van der Waals surface area contributed by atoms with Crippen LogP contribution in [0.5, 0.6) is 0 Å². The van der Waals surface area contributed by atoms with E-state index in [4.69, 9.17) is 0 Å². The van der Waals surface area contributed by atoms with Crippen LogP contribution in [0.2, 0.25) is 0 Å². The topological polar surface area (TPSA) is 12.0 Å². The summed E-state index contributed by atoms with van der Waals surface area (Å²) in [5, 5.41) is 3.67. The quantitative estimate of drug-likeness (QED) is 0.760. The Balaban J connectivity index is 2.20. The molecule has 1 aliphatic carbocycles. The van der Waals surface area contributed by atoms with Crippen LogP contribution in [0.4, 0.5) is 4.39 Å². The predicted molar refractivity (Wildman–Crippen MR) is 86.5 cm³/mol. The number of nitrogens with one attached hydrogen (secondary N) is 1. The van der Waals surface area contributed by atoms with Crippen molar-refractivity contribution in [2.75, 3.05) is 6.54 Å². The summed E-state index contributed by atoms with van der Waals surface area (Å²) in [7, 11) is 0. The van der Waals surface area contributed by atoms with Crippen LogP contribution >= 0.6 is 15.9 Å². The highest BCUT2D eigenvalue weighted by Gasteiger charge is 2.39. The summed E-state index contributed by atoms with van der Waals surface area (Å²) >= 11 is 3.40. The molecule has 0 bridgehead atoms. The zero-order chi connectivity index (χ0) is 14.6. The normalized spacial score (nSPS) is 19.2. The van der Waals surface area contributed by atoms with Crippen LogP contribution in [-0.4, -0.2) is 12.6 Å². The van der Waals surface area contributed by atoms with Crippen LogP contribution < -0.4 is 5.32 Å². The molecule has 1 saturated carbocycles. The summed E-state index contributed by atoms with van der Waals surface area (Å²) in [4.78, 5) is 0. The second-order valence-corrected chi connectivity index (χ2v) is 6.93. The fraction of sp³-hybridized carbons (Fsp3) is 0.647. The van der Waals surface area contributed by atoms with Crippen molar-refractivity contribution in [3.05, 3.63) is 34.1 Å². The SMILES string of the molecule is CCNC(Cc1cc(F)cc(Br)c1)C1(CC)CCCC1. The van der Waals surface area contributed by atoms with Gasteiger partial charge in [0, 0.05) is 10.5 Å². The lowest BCUT2D eigenvalue weighted by atomic mass is 9.74. The Bertz CT molecular complexity index is 420. The van der Waals surface area contributed by atoms with Gasteiger partial charge < -0.3 is 5.32 Å². The molecule has 1 fully saturated rings. The van der Waals surface area contributed by atoms with Gasteiger partial charge in [0.25, 0.3) is 0 Å². The molecule has 1 aliphatic rings. The lowest BCUT2D eigenvalue weighted by Crippen LogP contribution is -2.45. The molecule has 0 amide bonds. The number of hydrogen-bond acceptors (Lipinski definition) is 1. The van der Waals surface area contributed by atoms with E-state index in [1.807, 2.05) is 6.07 Å². The van der Waals surface area contributed by atoms with E-state index in [-0.39, 0.29) is 5.82 Å². The van der Waals surface area contributed by atoms with Crippen LogP contribution in [0.25, 0.3) is 0 Å². The van der Waals surface area contributed by atoms with E-state index in [0.29, 0.717) is 11.5 Å². The van der Waals surface area contributed by atoms with Crippen LogP contribution in [0.3, 0.4) is 0 Å². The molecule has 20 heavy (non-hydrogen) atoms. The molecule has 0 aromatic heterocycles. The average Bonchev–Trinajstić information content (AvgIpc) is 2.87. The molecule has 0 spiro atoms. The molecule has 0 heterocycles. The van der Waals surface area contributed by atoms with Crippen LogP contribution in [0, 0.1) is 11.2 Å². The Morgan fingerprint density at radius 2 is 1.95 bits per heavy atom. The van der Waals surface area contributed by atoms with Crippen molar-refractivity contribution in [1.82, 2.24) is 5.32 Å². The highest BCUT2D eigenvalue weighted by atomic mass is 79.9. The van der Waals surface area contributed by atoms with Gasteiger partial charge >= 0.3 is 0 Å². The zero-order valence-corrected chi connectivity index (χ0v) is 14.1. The molecule has 0 aliphatic heterocycles. The Morgan fingerprint density at radius 3 is 2.50 bits per heavy atom. The van der Waals surface area contributed by atoms with Crippen LogP contribution in [0.15, 0.2) is 22.7 Å². The lowest BCUT2D eigenvalue weighted by molar-refractivity contribution is 0.186. The summed E-state index contributed by atoms with van der Waals surface area (Å²) in [6.45, 7) is 5.44. The number of hydrogen-bond donors (Lipinski definition) is 1. The summed E-state index contributed by atoms with van der Waals surface area (Å²) in [6, 6.07) is 5.70. The van der Waals surface area contributed by atoms with Crippen molar-refractivity contribution in [3.8, 4) is 0 Å². The third-order valence-electron chi connectivity index (χ3n) is 4.86. The monoisotopic (exact) mass is 341 g/mol. The molecule has 1 atom stereocenters. The van der Waals surface area contributed by atoms with Gasteiger partial charge in [0.2, 0.25) is 0 Å². The molecular weight excluding hydrogens is 317 g/mol. The van der Waals surface area contributed by atoms with Gasteiger partial charge in [0.05, 0.1) is 0 Å². The van der Waals surface area contributed by atoms with Gasteiger partial charge in [-0.2, -0.15) is 0 Å². The first kappa shape index (κ1) is 16.0.